The number of amides is 2. The Bertz CT molecular complexity index is 555. The van der Waals surface area contributed by atoms with E-state index in [-0.39, 0.29) is 30.2 Å². The lowest BCUT2D eigenvalue weighted by atomic mass is 10.2. The van der Waals surface area contributed by atoms with Crippen LogP contribution in [0.25, 0.3) is 0 Å². The molecule has 2 aliphatic heterocycles. The molecule has 11 heteroatoms. The molecule has 2 rings (SSSR count). The molecular weight excluding hydrogens is 354 g/mol. The summed E-state index contributed by atoms with van der Waals surface area (Å²) in [7, 11) is 1.37. The number of ether oxygens (including phenoxy) is 1. The summed E-state index contributed by atoms with van der Waals surface area (Å²) in [6, 6.07) is 0. The van der Waals surface area contributed by atoms with Gasteiger partial charge in [-0.1, -0.05) is 0 Å². The lowest BCUT2D eigenvalue weighted by Crippen LogP contribution is -2.56. The standard InChI is InChI=1S/C16H29N7O4/c1-27-15(26)2-3-20-4-6-21(7-5-20)14(25)12-13(24)19-23-10-8-22(9-11-23)16(17)18/h2-12H2,1H3,(H3,17,18)(H,19,24). The molecule has 0 aromatic carbocycles. The van der Waals surface area contributed by atoms with Gasteiger partial charge in [-0.15, -0.1) is 0 Å². The molecule has 2 fully saturated rings. The minimum absolute atomic E-state index is 0.0295. The number of nitrogens with one attached hydrogen (secondary N) is 2. The molecule has 152 valence electrons. The summed E-state index contributed by atoms with van der Waals surface area (Å²) in [6.07, 6.45) is 0.152. The smallest absolute Gasteiger partial charge is 0.306 e. The van der Waals surface area contributed by atoms with Crippen molar-refractivity contribution in [3.63, 3.8) is 0 Å². The van der Waals surface area contributed by atoms with E-state index in [2.05, 4.69) is 15.1 Å². The summed E-state index contributed by atoms with van der Waals surface area (Å²) in [5.41, 5.74) is 8.18. The molecule has 0 radical (unpaired) electrons. The topological polar surface area (TPSA) is 135 Å². The van der Waals surface area contributed by atoms with Crippen molar-refractivity contribution in [2.75, 3.05) is 66.0 Å². The predicted octanol–water partition coefficient (Wildman–Crippen LogP) is -2.37. The minimum atomic E-state index is -0.329. The molecular formula is C16H29N7O4. The molecule has 0 spiro atoms. The summed E-state index contributed by atoms with van der Waals surface area (Å²) in [6.45, 7) is 5.30. The molecule has 2 amide bonds. The van der Waals surface area contributed by atoms with Crippen LogP contribution in [0.2, 0.25) is 0 Å². The highest BCUT2D eigenvalue weighted by Gasteiger charge is 2.24. The van der Waals surface area contributed by atoms with Crippen LogP contribution in [-0.4, -0.2) is 109 Å². The highest BCUT2D eigenvalue weighted by molar-refractivity contribution is 5.96. The molecule has 0 unspecified atom stereocenters. The number of carbonyl (C=O) groups excluding carboxylic acids is 3. The molecule has 27 heavy (non-hydrogen) atoms. The number of rotatable bonds is 6. The average Bonchev–Trinajstić information content (AvgIpc) is 2.66. The second-order valence-corrected chi connectivity index (χ2v) is 6.62. The molecule has 0 aromatic rings. The van der Waals surface area contributed by atoms with Crippen LogP contribution < -0.4 is 11.2 Å². The first-order valence-electron chi connectivity index (χ1n) is 9.09. The number of hydrogen-bond donors (Lipinski definition) is 3. The van der Waals surface area contributed by atoms with Crippen molar-refractivity contribution in [2.24, 2.45) is 5.73 Å². The number of hydrogen-bond acceptors (Lipinski definition) is 7. The maximum atomic E-state index is 12.3. The highest BCUT2D eigenvalue weighted by atomic mass is 16.5. The van der Waals surface area contributed by atoms with E-state index in [1.165, 1.54) is 7.11 Å². The van der Waals surface area contributed by atoms with Crippen LogP contribution >= 0.6 is 0 Å². The zero-order valence-corrected chi connectivity index (χ0v) is 15.8. The van der Waals surface area contributed by atoms with Crippen LogP contribution in [0.3, 0.4) is 0 Å². The lowest BCUT2D eigenvalue weighted by molar-refractivity contribution is -0.142. The number of piperazine rings is 2. The fourth-order valence-corrected chi connectivity index (χ4v) is 3.10. The molecule has 0 saturated carbocycles. The van der Waals surface area contributed by atoms with E-state index in [1.54, 1.807) is 14.8 Å². The first-order valence-corrected chi connectivity index (χ1v) is 9.09. The molecule has 2 heterocycles. The Morgan fingerprint density at radius 2 is 1.59 bits per heavy atom. The fourth-order valence-electron chi connectivity index (χ4n) is 3.10. The minimum Gasteiger partial charge on any atom is -0.469 e. The highest BCUT2D eigenvalue weighted by Crippen LogP contribution is 2.05. The van der Waals surface area contributed by atoms with Crippen LogP contribution in [-0.2, 0) is 19.1 Å². The zero-order valence-electron chi connectivity index (χ0n) is 15.8. The molecule has 0 aromatic heterocycles. The van der Waals surface area contributed by atoms with Gasteiger partial charge in [0, 0.05) is 58.9 Å². The van der Waals surface area contributed by atoms with Gasteiger partial charge < -0.3 is 20.3 Å². The van der Waals surface area contributed by atoms with E-state index in [0.717, 1.165) is 0 Å². The van der Waals surface area contributed by atoms with E-state index in [9.17, 15) is 14.4 Å². The van der Waals surface area contributed by atoms with Gasteiger partial charge in [-0.3, -0.25) is 30.1 Å². The Labute approximate surface area is 158 Å². The number of nitrogens with two attached hydrogens (primary N) is 1. The second-order valence-electron chi connectivity index (χ2n) is 6.62. The van der Waals surface area contributed by atoms with E-state index in [1.807, 2.05) is 0 Å². The largest absolute Gasteiger partial charge is 0.469 e. The van der Waals surface area contributed by atoms with Crippen LogP contribution in [0.15, 0.2) is 0 Å². The monoisotopic (exact) mass is 383 g/mol. The Morgan fingerprint density at radius 1 is 1.00 bits per heavy atom. The maximum absolute atomic E-state index is 12.3. The van der Waals surface area contributed by atoms with E-state index >= 15 is 0 Å². The van der Waals surface area contributed by atoms with Gasteiger partial charge in [-0.2, -0.15) is 0 Å². The third-order valence-corrected chi connectivity index (χ3v) is 4.80. The summed E-state index contributed by atoms with van der Waals surface area (Å²) in [5, 5.41) is 9.14. The van der Waals surface area contributed by atoms with E-state index in [0.29, 0.717) is 65.3 Å². The van der Waals surface area contributed by atoms with Gasteiger partial charge in [0.15, 0.2) is 5.96 Å². The third kappa shape index (κ3) is 6.68. The summed E-state index contributed by atoms with van der Waals surface area (Å²) >= 11 is 0. The lowest BCUT2D eigenvalue weighted by Gasteiger charge is -2.35. The average molecular weight is 383 g/mol. The number of carbonyl (C=O) groups is 3. The van der Waals surface area contributed by atoms with E-state index < -0.39 is 0 Å². The second kappa shape index (κ2) is 10.1. The Balaban J connectivity index is 1.65. The molecule has 0 atom stereocenters. The number of esters is 1. The predicted molar refractivity (Wildman–Crippen MR) is 97.5 cm³/mol. The van der Waals surface area contributed by atoms with Crippen LogP contribution in [0.4, 0.5) is 0 Å². The Hall–Kier alpha value is -2.40. The maximum Gasteiger partial charge on any atom is 0.306 e. The molecule has 2 aliphatic rings. The third-order valence-electron chi connectivity index (χ3n) is 4.80. The van der Waals surface area contributed by atoms with Gasteiger partial charge in [-0.25, -0.2) is 5.01 Å². The van der Waals surface area contributed by atoms with Gasteiger partial charge in [0.05, 0.1) is 13.5 Å². The van der Waals surface area contributed by atoms with Gasteiger partial charge in [0.1, 0.15) is 6.42 Å². The SMILES string of the molecule is COC(=O)CCN1CCN(C(=O)CC(=O)NN2CCN(C(=N)N)CC2)CC1. The quantitative estimate of drug-likeness (QED) is 0.200. The van der Waals surface area contributed by atoms with Crippen molar-refractivity contribution in [3.05, 3.63) is 0 Å². The number of hydrazine groups is 1. The summed E-state index contributed by atoms with van der Waals surface area (Å²) in [4.78, 5) is 41.1. The summed E-state index contributed by atoms with van der Waals surface area (Å²) < 4.78 is 4.63. The first-order chi connectivity index (χ1) is 12.9. The van der Waals surface area contributed by atoms with E-state index in [4.69, 9.17) is 11.1 Å². The van der Waals surface area contributed by atoms with Crippen LogP contribution in [0, 0.1) is 5.41 Å². The van der Waals surface area contributed by atoms with Crippen molar-refractivity contribution >= 4 is 23.7 Å². The number of nitrogens with zero attached hydrogens (tertiary/aromatic N) is 4. The van der Waals surface area contributed by atoms with Crippen LogP contribution in [0.5, 0.6) is 0 Å². The normalized spacial score (nSPS) is 18.9. The van der Waals surface area contributed by atoms with Crippen LogP contribution in [0.1, 0.15) is 12.8 Å². The molecule has 4 N–H and O–H groups in total. The Morgan fingerprint density at radius 3 is 2.15 bits per heavy atom. The van der Waals surface area contributed by atoms with Crippen molar-refractivity contribution in [1.29, 1.82) is 5.41 Å². The van der Waals surface area contributed by atoms with Crippen molar-refractivity contribution < 1.29 is 19.1 Å². The van der Waals surface area contributed by atoms with Gasteiger partial charge in [0.25, 0.3) is 0 Å². The Kier molecular flexibility index (Phi) is 7.80. The van der Waals surface area contributed by atoms with Gasteiger partial charge in [0.2, 0.25) is 11.8 Å². The van der Waals surface area contributed by atoms with Gasteiger partial charge >= 0.3 is 5.97 Å². The molecule has 0 aliphatic carbocycles. The fraction of sp³-hybridized carbons (Fsp3) is 0.750. The van der Waals surface area contributed by atoms with Gasteiger partial charge in [-0.05, 0) is 0 Å². The number of methoxy groups -OCH3 is 1. The zero-order chi connectivity index (χ0) is 19.8. The first kappa shape index (κ1) is 20.9. The van der Waals surface area contributed by atoms with Crippen molar-refractivity contribution in [2.45, 2.75) is 12.8 Å². The number of guanidine groups is 1. The van der Waals surface area contributed by atoms with Crippen molar-refractivity contribution in [3.8, 4) is 0 Å². The molecule has 0 bridgehead atoms. The molecule has 11 nitrogen and oxygen atoms in total. The summed E-state index contributed by atoms with van der Waals surface area (Å²) in [5.74, 6) is -0.733. The van der Waals surface area contributed by atoms with Crippen molar-refractivity contribution in [1.82, 2.24) is 25.1 Å². The molecule has 2 saturated heterocycles.